The maximum Gasteiger partial charge on any atom is 0.227 e. The Bertz CT molecular complexity index is 724. The van der Waals surface area contributed by atoms with Crippen molar-refractivity contribution in [2.45, 2.75) is 12.8 Å². The summed E-state index contributed by atoms with van der Waals surface area (Å²) in [6, 6.07) is 5.73. The molecule has 1 aromatic heterocycles. The third kappa shape index (κ3) is 2.70. The molecule has 0 bridgehead atoms. The van der Waals surface area contributed by atoms with Crippen molar-refractivity contribution in [2.75, 3.05) is 33.3 Å². The molecule has 2 aromatic rings. The number of ether oxygens (including phenoxy) is 1. The largest absolute Gasteiger partial charge is 0.497 e. The second-order valence-electron chi connectivity index (χ2n) is 6.61. The zero-order valence-electron chi connectivity index (χ0n) is 13.4. The van der Waals surface area contributed by atoms with Gasteiger partial charge < -0.3 is 19.4 Å². The maximum atomic E-state index is 12.7. The summed E-state index contributed by atoms with van der Waals surface area (Å²) in [5.74, 6) is 2.34. The van der Waals surface area contributed by atoms with Gasteiger partial charge in [0.1, 0.15) is 11.3 Å². The second kappa shape index (κ2) is 5.89. The molecule has 0 aliphatic carbocycles. The predicted octanol–water partition coefficient (Wildman–Crippen LogP) is 2.05. The Kier molecular flexibility index (Phi) is 3.73. The van der Waals surface area contributed by atoms with Gasteiger partial charge in [-0.1, -0.05) is 0 Å². The topological polar surface area (TPSA) is 54.7 Å². The molecule has 5 nitrogen and oxygen atoms in total. The molecule has 1 aromatic carbocycles. The fraction of sp³-hybridized carbons (Fsp3) is 0.500. The molecule has 23 heavy (non-hydrogen) atoms. The van der Waals surface area contributed by atoms with Crippen LogP contribution in [-0.4, -0.2) is 44.1 Å². The molecule has 0 saturated carbocycles. The molecule has 0 unspecified atom stereocenters. The highest BCUT2D eigenvalue weighted by molar-refractivity contribution is 5.88. The molecule has 2 saturated heterocycles. The van der Waals surface area contributed by atoms with Crippen LogP contribution in [0, 0.1) is 11.8 Å². The molecule has 0 radical (unpaired) electrons. The van der Waals surface area contributed by atoms with E-state index in [1.54, 1.807) is 13.4 Å². The Morgan fingerprint density at radius 2 is 2.26 bits per heavy atom. The summed E-state index contributed by atoms with van der Waals surface area (Å²) in [6.45, 7) is 3.93. The van der Waals surface area contributed by atoms with Gasteiger partial charge in [-0.25, -0.2) is 0 Å². The number of furan rings is 1. The molecule has 2 atom stereocenters. The summed E-state index contributed by atoms with van der Waals surface area (Å²) in [7, 11) is 1.63. The Labute approximate surface area is 135 Å². The average molecular weight is 314 g/mol. The van der Waals surface area contributed by atoms with E-state index in [0.29, 0.717) is 12.3 Å². The van der Waals surface area contributed by atoms with Crippen LogP contribution in [0.15, 0.2) is 28.9 Å². The lowest BCUT2D eigenvalue weighted by molar-refractivity contribution is -0.132. The van der Waals surface area contributed by atoms with Gasteiger partial charge in [0.15, 0.2) is 0 Å². The van der Waals surface area contributed by atoms with E-state index in [-0.39, 0.29) is 5.91 Å². The summed E-state index contributed by atoms with van der Waals surface area (Å²) in [6.07, 6.45) is 3.22. The smallest absolute Gasteiger partial charge is 0.227 e. The van der Waals surface area contributed by atoms with Crippen LogP contribution in [0.3, 0.4) is 0 Å². The van der Waals surface area contributed by atoms with Gasteiger partial charge in [-0.3, -0.25) is 4.79 Å². The minimum atomic E-state index is 0.203. The van der Waals surface area contributed by atoms with E-state index in [0.717, 1.165) is 60.8 Å². The number of benzene rings is 1. The van der Waals surface area contributed by atoms with Crippen LogP contribution in [0.1, 0.15) is 12.0 Å². The van der Waals surface area contributed by atoms with Crippen molar-refractivity contribution in [3.05, 3.63) is 30.0 Å². The number of carbonyl (C=O) groups excluding carboxylic acids is 1. The molecule has 5 heteroatoms. The maximum absolute atomic E-state index is 12.7. The lowest BCUT2D eigenvalue weighted by atomic mass is 9.88. The summed E-state index contributed by atoms with van der Waals surface area (Å²) < 4.78 is 10.8. The van der Waals surface area contributed by atoms with Gasteiger partial charge in [-0.05, 0) is 43.5 Å². The van der Waals surface area contributed by atoms with E-state index in [1.165, 1.54) is 0 Å². The first-order valence-corrected chi connectivity index (χ1v) is 8.27. The minimum absolute atomic E-state index is 0.203. The van der Waals surface area contributed by atoms with Crippen LogP contribution in [0.5, 0.6) is 5.75 Å². The van der Waals surface area contributed by atoms with Crippen molar-refractivity contribution in [1.82, 2.24) is 10.2 Å². The lowest BCUT2D eigenvalue weighted by Crippen LogP contribution is -2.44. The number of piperidine rings is 1. The van der Waals surface area contributed by atoms with Gasteiger partial charge in [-0.15, -0.1) is 0 Å². The Balaban J connectivity index is 1.48. The molecular weight excluding hydrogens is 292 g/mol. The van der Waals surface area contributed by atoms with E-state index >= 15 is 0 Å². The number of amides is 1. The monoisotopic (exact) mass is 314 g/mol. The highest BCUT2D eigenvalue weighted by Gasteiger charge is 2.34. The van der Waals surface area contributed by atoms with Crippen LogP contribution in [0.2, 0.25) is 0 Å². The zero-order chi connectivity index (χ0) is 15.8. The summed E-state index contributed by atoms with van der Waals surface area (Å²) in [4.78, 5) is 14.7. The minimum Gasteiger partial charge on any atom is -0.497 e. The molecule has 1 N–H and O–H groups in total. The van der Waals surface area contributed by atoms with Gasteiger partial charge in [-0.2, -0.15) is 0 Å². The Morgan fingerprint density at radius 3 is 3.13 bits per heavy atom. The molecular formula is C18H22N2O3. The van der Waals surface area contributed by atoms with Crippen molar-refractivity contribution < 1.29 is 13.9 Å². The van der Waals surface area contributed by atoms with Crippen LogP contribution >= 0.6 is 0 Å². The van der Waals surface area contributed by atoms with Crippen molar-refractivity contribution >= 4 is 16.9 Å². The van der Waals surface area contributed by atoms with Crippen LogP contribution in [-0.2, 0) is 11.2 Å². The second-order valence-corrected chi connectivity index (χ2v) is 6.61. The number of rotatable bonds is 3. The molecule has 122 valence electrons. The number of nitrogens with zero attached hydrogens (tertiary/aromatic N) is 1. The lowest BCUT2D eigenvalue weighted by Gasteiger charge is -2.34. The number of fused-ring (bicyclic) bond motifs is 2. The van der Waals surface area contributed by atoms with E-state index in [2.05, 4.69) is 5.32 Å². The van der Waals surface area contributed by atoms with Gasteiger partial charge in [0.25, 0.3) is 0 Å². The SMILES string of the molecule is COc1ccc2c(CC(=O)N3CC[C@@H]4CNC[C@H]4C3)coc2c1. The quantitative estimate of drug-likeness (QED) is 0.942. The number of hydrogen-bond acceptors (Lipinski definition) is 4. The van der Waals surface area contributed by atoms with Crippen LogP contribution < -0.4 is 10.1 Å². The fourth-order valence-corrected chi connectivity index (χ4v) is 3.86. The summed E-state index contributed by atoms with van der Waals surface area (Å²) in [5, 5.41) is 4.44. The average Bonchev–Trinajstić information content (AvgIpc) is 3.20. The first-order chi connectivity index (χ1) is 11.2. The molecule has 1 amide bonds. The Hall–Kier alpha value is -2.01. The number of hydrogen-bond donors (Lipinski definition) is 1. The van der Waals surface area contributed by atoms with Crippen molar-refractivity contribution in [3.63, 3.8) is 0 Å². The van der Waals surface area contributed by atoms with Crippen molar-refractivity contribution in [3.8, 4) is 5.75 Å². The van der Waals surface area contributed by atoms with Gasteiger partial charge in [0, 0.05) is 30.1 Å². The molecule has 2 fully saturated rings. The summed E-state index contributed by atoms with van der Waals surface area (Å²) >= 11 is 0. The number of carbonyl (C=O) groups is 1. The third-order valence-electron chi connectivity index (χ3n) is 5.26. The van der Waals surface area contributed by atoms with Crippen LogP contribution in [0.25, 0.3) is 11.0 Å². The fourth-order valence-electron chi connectivity index (χ4n) is 3.86. The third-order valence-corrected chi connectivity index (χ3v) is 5.26. The van der Waals surface area contributed by atoms with E-state index in [1.807, 2.05) is 23.1 Å². The molecule has 0 spiro atoms. The first kappa shape index (κ1) is 14.6. The Morgan fingerprint density at radius 1 is 1.39 bits per heavy atom. The van der Waals surface area contributed by atoms with Crippen LogP contribution in [0.4, 0.5) is 0 Å². The van der Waals surface area contributed by atoms with Gasteiger partial charge in [0.2, 0.25) is 5.91 Å². The van der Waals surface area contributed by atoms with Gasteiger partial charge in [0.05, 0.1) is 19.8 Å². The highest BCUT2D eigenvalue weighted by Crippen LogP contribution is 2.29. The molecule has 2 aliphatic rings. The van der Waals surface area contributed by atoms with E-state index < -0.39 is 0 Å². The predicted molar refractivity (Wildman–Crippen MR) is 87.5 cm³/mol. The first-order valence-electron chi connectivity index (χ1n) is 8.27. The van der Waals surface area contributed by atoms with Crippen molar-refractivity contribution in [2.24, 2.45) is 11.8 Å². The standard InChI is InChI=1S/C18H22N2O3/c1-22-15-2-3-16-13(11-23-17(16)7-15)6-18(21)20-5-4-12-8-19-9-14(12)10-20/h2-3,7,11-12,14,19H,4-6,8-10H2,1H3/t12-,14+/m1/s1. The molecule has 4 rings (SSSR count). The van der Waals surface area contributed by atoms with E-state index in [9.17, 15) is 4.79 Å². The van der Waals surface area contributed by atoms with Crippen molar-refractivity contribution in [1.29, 1.82) is 0 Å². The highest BCUT2D eigenvalue weighted by atomic mass is 16.5. The number of methoxy groups -OCH3 is 1. The van der Waals surface area contributed by atoms with Gasteiger partial charge >= 0.3 is 0 Å². The number of nitrogens with one attached hydrogen (secondary N) is 1. The number of likely N-dealkylation sites (tertiary alicyclic amines) is 1. The zero-order valence-corrected chi connectivity index (χ0v) is 13.4. The van der Waals surface area contributed by atoms with E-state index in [4.69, 9.17) is 9.15 Å². The normalized spacial score (nSPS) is 24.0. The molecule has 3 heterocycles. The molecule has 2 aliphatic heterocycles. The summed E-state index contributed by atoms with van der Waals surface area (Å²) in [5.41, 5.74) is 1.73.